The number of benzene rings is 1. The van der Waals surface area contributed by atoms with Gasteiger partial charge >= 0.3 is 11.9 Å². The van der Waals surface area contributed by atoms with Gasteiger partial charge in [0.05, 0.1) is 12.3 Å². The van der Waals surface area contributed by atoms with Gasteiger partial charge < -0.3 is 31.5 Å². The number of guanidine groups is 1. The maximum Gasteiger partial charge on any atom is 0.305 e. The van der Waals surface area contributed by atoms with Gasteiger partial charge in [-0.25, -0.2) is 8.42 Å². The van der Waals surface area contributed by atoms with Gasteiger partial charge in [0.15, 0.2) is 5.96 Å². The SMILES string of the molecule is CC1CNc2c(cccc2S(=O)(=O)NC(CCCN=C(N)N)C(=O)N2CCC(CCOC(=O)CCCC(=O)O)CC2)C1. The van der Waals surface area contributed by atoms with Gasteiger partial charge in [-0.1, -0.05) is 19.1 Å². The van der Waals surface area contributed by atoms with Crippen molar-refractivity contribution in [3.63, 3.8) is 0 Å². The first-order chi connectivity index (χ1) is 20.0. The average Bonchev–Trinajstić information content (AvgIpc) is 2.93. The number of nitrogens with one attached hydrogen (secondary N) is 2. The van der Waals surface area contributed by atoms with Crippen LogP contribution in [0, 0.1) is 11.8 Å². The lowest BCUT2D eigenvalue weighted by Crippen LogP contribution is -2.50. The maximum absolute atomic E-state index is 13.6. The molecule has 2 unspecified atom stereocenters. The normalized spacial score (nSPS) is 17.9. The molecule has 0 aliphatic carbocycles. The second-order valence-corrected chi connectivity index (χ2v) is 12.8. The van der Waals surface area contributed by atoms with Crippen molar-refractivity contribution in [1.29, 1.82) is 0 Å². The Labute approximate surface area is 247 Å². The third-order valence-electron chi connectivity index (χ3n) is 7.63. The Balaban J connectivity index is 1.59. The number of carbonyl (C=O) groups excluding carboxylic acids is 2. The molecule has 1 aromatic rings. The molecule has 234 valence electrons. The van der Waals surface area contributed by atoms with Gasteiger partial charge in [-0.2, -0.15) is 4.72 Å². The van der Waals surface area contributed by atoms with E-state index in [0.29, 0.717) is 56.9 Å². The molecule has 0 bridgehead atoms. The molecular weight excluding hydrogens is 564 g/mol. The highest BCUT2D eigenvalue weighted by molar-refractivity contribution is 7.89. The van der Waals surface area contributed by atoms with Crippen LogP contribution in [0.25, 0.3) is 0 Å². The van der Waals surface area contributed by atoms with E-state index in [4.69, 9.17) is 21.3 Å². The molecule has 0 spiro atoms. The molecule has 14 heteroatoms. The highest BCUT2D eigenvalue weighted by Gasteiger charge is 2.33. The summed E-state index contributed by atoms with van der Waals surface area (Å²) < 4.78 is 35.1. The number of likely N-dealkylation sites (tertiary alicyclic amines) is 1. The van der Waals surface area contributed by atoms with Gasteiger partial charge in [-0.3, -0.25) is 19.4 Å². The summed E-state index contributed by atoms with van der Waals surface area (Å²) >= 11 is 0. The molecule has 1 aromatic carbocycles. The summed E-state index contributed by atoms with van der Waals surface area (Å²) in [6, 6.07) is 4.21. The Morgan fingerprint density at radius 2 is 1.93 bits per heavy atom. The second kappa shape index (κ2) is 15.7. The lowest BCUT2D eigenvalue weighted by molar-refractivity contribution is -0.144. The van der Waals surface area contributed by atoms with Gasteiger partial charge in [-0.05, 0) is 68.4 Å². The van der Waals surface area contributed by atoms with Crippen molar-refractivity contribution in [3.8, 4) is 0 Å². The van der Waals surface area contributed by atoms with E-state index in [9.17, 15) is 22.8 Å². The second-order valence-electron chi connectivity index (χ2n) is 11.1. The summed E-state index contributed by atoms with van der Waals surface area (Å²) in [6.45, 7) is 4.20. The maximum atomic E-state index is 13.6. The number of hydrogen-bond acceptors (Lipinski definition) is 8. The number of aliphatic imine (C=N–C) groups is 1. The van der Waals surface area contributed by atoms with E-state index in [1.54, 1.807) is 17.0 Å². The third-order valence-corrected chi connectivity index (χ3v) is 9.14. The molecule has 2 aliphatic rings. The van der Waals surface area contributed by atoms with Crippen LogP contribution in [0.1, 0.15) is 63.9 Å². The topological polar surface area (TPSA) is 207 Å². The number of amides is 1. The number of piperidine rings is 1. The number of esters is 1. The molecule has 2 atom stereocenters. The molecule has 2 heterocycles. The van der Waals surface area contributed by atoms with Crippen molar-refractivity contribution in [3.05, 3.63) is 23.8 Å². The van der Waals surface area contributed by atoms with Crippen LogP contribution in [-0.4, -0.2) is 81.1 Å². The number of rotatable bonds is 15. The summed E-state index contributed by atoms with van der Waals surface area (Å²) in [5, 5.41) is 11.9. The standard InChI is InChI=1S/C28H44N6O7S/c1-19-17-21-5-2-7-23(26(21)32-18-19)42(39,40)33-22(6-4-13-31-28(29)30)27(38)34-14-10-20(11-15-34)12-16-41-25(37)9-3-8-24(35)36/h2,5,7,19-20,22,32-33H,3-4,6,8-18H2,1H3,(H,35,36)(H4,29,30,31). The predicted octanol–water partition coefficient (Wildman–Crippen LogP) is 1.42. The number of hydrogen-bond donors (Lipinski definition) is 5. The van der Waals surface area contributed by atoms with E-state index in [1.807, 2.05) is 6.07 Å². The van der Waals surface area contributed by atoms with E-state index in [2.05, 4.69) is 22.0 Å². The van der Waals surface area contributed by atoms with Crippen LogP contribution in [0.3, 0.4) is 0 Å². The van der Waals surface area contributed by atoms with Gasteiger partial charge in [0.2, 0.25) is 15.9 Å². The minimum atomic E-state index is -4.02. The zero-order valence-electron chi connectivity index (χ0n) is 24.2. The molecule has 2 aliphatic heterocycles. The van der Waals surface area contributed by atoms with Crippen molar-refractivity contribution >= 4 is 39.5 Å². The number of ether oxygens (including phenoxy) is 1. The fourth-order valence-electron chi connectivity index (χ4n) is 5.34. The number of para-hydroxylation sites is 1. The number of nitrogens with two attached hydrogens (primary N) is 2. The lowest BCUT2D eigenvalue weighted by Gasteiger charge is -2.34. The minimum Gasteiger partial charge on any atom is -0.481 e. The van der Waals surface area contributed by atoms with Crippen LogP contribution in [0.4, 0.5) is 5.69 Å². The van der Waals surface area contributed by atoms with E-state index in [0.717, 1.165) is 12.0 Å². The van der Waals surface area contributed by atoms with Crippen LogP contribution in [0.5, 0.6) is 0 Å². The van der Waals surface area contributed by atoms with E-state index < -0.39 is 28.0 Å². The Morgan fingerprint density at radius 3 is 2.62 bits per heavy atom. The molecule has 7 N–H and O–H groups in total. The largest absolute Gasteiger partial charge is 0.481 e. The Hall–Kier alpha value is -3.39. The molecule has 1 fully saturated rings. The number of carboxylic acid groups (broad SMARTS) is 1. The summed E-state index contributed by atoms with van der Waals surface area (Å²) in [4.78, 5) is 41.7. The molecule has 0 saturated carbocycles. The molecule has 1 saturated heterocycles. The molecule has 3 rings (SSSR count). The number of carbonyl (C=O) groups is 3. The van der Waals surface area contributed by atoms with Crippen molar-refractivity contribution in [2.45, 2.75) is 75.6 Å². The molecule has 0 aromatic heterocycles. The summed E-state index contributed by atoms with van der Waals surface area (Å²) in [5.41, 5.74) is 12.4. The number of fused-ring (bicyclic) bond motifs is 1. The van der Waals surface area contributed by atoms with E-state index in [-0.39, 0.29) is 61.5 Å². The zero-order chi connectivity index (χ0) is 30.7. The zero-order valence-corrected chi connectivity index (χ0v) is 25.0. The number of carboxylic acids is 1. The van der Waals surface area contributed by atoms with Crippen molar-refractivity contribution in [2.75, 3.05) is 38.1 Å². The summed E-state index contributed by atoms with van der Waals surface area (Å²) in [6.07, 6.45) is 3.69. The Morgan fingerprint density at radius 1 is 1.19 bits per heavy atom. The van der Waals surface area contributed by atoms with Crippen molar-refractivity contribution < 1.29 is 32.6 Å². The quantitative estimate of drug-likeness (QED) is 0.0837. The van der Waals surface area contributed by atoms with Crippen LogP contribution in [0.2, 0.25) is 0 Å². The molecule has 42 heavy (non-hydrogen) atoms. The third kappa shape index (κ3) is 10.2. The van der Waals surface area contributed by atoms with E-state index in [1.165, 1.54) is 0 Å². The summed E-state index contributed by atoms with van der Waals surface area (Å²) in [7, 11) is -4.02. The number of nitrogens with zero attached hydrogens (tertiary/aromatic N) is 2. The first-order valence-corrected chi connectivity index (χ1v) is 16.0. The highest BCUT2D eigenvalue weighted by Crippen LogP contribution is 2.31. The number of anilines is 1. The van der Waals surface area contributed by atoms with Gasteiger partial charge in [-0.15, -0.1) is 0 Å². The Bertz CT molecular complexity index is 1230. The number of sulfonamides is 1. The summed E-state index contributed by atoms with van der Waals surface area (Å²) in [5.74, 6) is -1.09. The number of aliphatic carboxylic acids is 1. The van der Waals surface area contributed by atoms with Crippen LogP contribution >= 0.6 is 0 Å². The lowest BCUT2D eigenvalue weighted by atomic mass is 9.93. The fourth-order valence-corrected chi connectivity index (χ4v) is 6.79. The van der Waals surface area contributed by atoms with E-state index >= 15 is 0 Å². The first kappa shape index (κ1) is 33.1. The minimum absolute atomic E-state index is 0.0670. The van der Waals surface area contributed by atoms with Crippen LogP contribution in [-0.2, 0) is 35.6 Å². The predicted molar refractivity (Wildman–Crippen MR) is 158 cm³/mol. The van der Waals surface area contributed by atoms with Crippen molar-refractivity contribution in [2.24, 2.45) is 28.3 Å². The molecule has 1 amide bonds. The van der Waals surface area contributed by atoms with Gasteiger partial charge in [0.1, 0.15) is 10.9 Å². The van der Waals surface area contributed by atoms with Crippen LogP contribution in [0.15, 0.2) is 28.1 Å². The molecular formula is C28H44N6O7S. The van der Waals surface area contributed by atoms with Gasteiger partial charge in [0, 0.05) is 39.0 Å². The smallest absolute Gasteiger partial charge is 0.305 e. The Kier molecular flexibility index (Phi) is 12.4. The average molecular weight is 609 g/mol. The molecule has 0 radical (unpaired) electrons. The first-order valence-electron chi connectivity index (χ1n) is 14.6. The van der Waals surface area contributed by atoms with Crippen molar-refractivity contribution in [1.82, 2.24) is 9.62 Å². The molecule has 13 nitrogen and oxygen atoms in total. The monoisotopic (exact) mass is 608 g/mol. The fraction of sp³-hybridized carbons (Fsp3) is 0.643. The van der Waals surface area contributed by atoms with Gasteiger partial charge in [0.25, 0.3) is 0 Å². The highest BCUT2D eigenvalue weighted by atomic mass is 32.2. The van der Waals surface area contributed by atoms with Crippen LogP contribution < -0.4 is 21.5 Å².